The highest BCUT2D eigenvalue weighted by Crippen LogP contribution is 2.27. The Bertz CT molecular complexity index is 928. The van der Waals surface area contributed by atoms with Crippen LogP contribution in [0.15, 0.2) is 53.4 Å². The Hall–Kier alpha value is -2.09. The molecule has 1 N–H and O–H groups in total. The number of ether oxygens (including phenoxy) is 1. The van der Waals surface area contributed by atoms with Crippen molar-refractivity contribution in [3.05, 3.63) is 59.1 Å². The van der Waals surface area contributed by atoms with E-state index in [1.54, 1.807) is 4.90 Å². The van der Waals surface area contributed by atoms with E-state index in [2.05, 4.69) is 4.72 Å². The van der Waals surface area contributed by atoms with Crippen molar-refractivity contribution in [3.8, 4) is 5.75 Å². The van der Waals surface area contributed by atoms with Crippen LogP contribution < -0.4 is 9.46 Å². The third kappa shape index (κ3) is 4.84. The van der Waals surface area contributed by atoms with Crippen molar-refractivity contribution < 1.29 is 17.9 Å². The van der Waals surface area contributed by atoms with Gasteiger partial charge in [-0.2, -0.15) is 4.72 Å². The molecule has 1 fully saturated rings. The third-order valence-corrected chi connectivity index (χ3v) is 6.49. The molecular formula is C20H23ClN2O4S. The number of carbonyl (C=O) groups excluding carboxylic acids is 1. The molecular weight excluding hydrogens is 400 g/mol. The molecule has 28 heavy (non-hydrogen) atoms. The minimum Gasteiger partial charge on any atom is -0.495 e. The van der Waals surface area contributed by atoms with Crippen LogP contribution in [0.5, 0.6) is 5.75 Å². The summed E-state index contributed by atoms with van der Waals surface area (Å²) >= 11 is 6.08. The van der Waals surface area contributed by atoms with E-state index in [0.29, 0.717) is 18.8 Å². The van der Waals surface area contributed by atoms with Gasteiger partial charge in [-0.05, 0) is 43.0 Å². The minimum absolute atomic E-state index is 0.00872. The van der Waals surface area contributed by atoms with Gasteiger partial charge < -0.3 is 9.64 Å². The SMILES string of the molecule is COc1ccc(S(=O)(=O)N[C@H](Cc2ccccc2)C(=O)N2CCCC2)cc1Cl. The Morgan fingerprint density at radius 1 is 1.18 bits per heavy atom. The second-order valence-electron chi connectivity index (χ2n) is 6.69. The number of rotatable bonds is 7. The third-order valence-electron chi connectivity index (χ3n) is 4.73. The molecule has 1 aliphatic rings. The first-order valence-electron chi connectivity index (χ1n) is 9.09. The highest BCUT2D eigenvalue weighted by molar-refractivity contribution is 7.89. The van der Waals surface area contributed by atoms with Gasteiger partial charge in [-0.3, -0.25) is 4.79 Å². The van der Waals surface area contributed by atoms with Crippen LogP contribution in [-0.2, 0) is 21.2 Å². The molecule has 0 spiro atoms. The van der Waals surface area contributed by atoms with Crippen molar-refractivity contribution in [3.63, 3.8) is 0 Å². The van der Waals surface area contributed by atoms with Crippen LogP contribution in [0.3, 0.4) is 0 Å². The normalized spacial score (nSPS) is 15.4. The maximum atomic E-state index is 13.0. The number of nitrogens with zero attached hydrogens (tertiary/aromatic N) is 1. The number of hydrogen-bond donors (Lipinski definition) is 1. The fraction of sp³-hybridized carbons (Fsp3) is 0.350. The highest BCUT2D eigenvalue weighted by atomic mass is 35.5. The fourth-order valence-corrected chi connectivity index (χ4v) is 4.79. The van der Waals surface area contributed by atoms with Crippen molar-refractivity contribution in [2.45, 2.75) is 30.2 Å². The lowest BCUT2D eigenvalue weighted by molar-refractivity contribution is -0.131. The molecule has 1 atom stereocenters. The number of benzene rings is 2. The van der Waals surface area contributed by atoms with Crippen LogP contribution >= 0.6 is 11.6 Å². The summed E-state index contributed by atoms with van der Waals surface area (Å²) in [6, 6.07) is 12.7. The van der Waals surface area contributed by atoms with Crippen molar-refractivity contribution in [2.24, 2.45) is 0 Å². The first-order valence-corrected chi connectivity index (χ1v) is 11.0. The van der Waals surface area contributed by atoms with E-state index in [0.717, 1.165) is 18.4 Å². The highest BCUT2D eigenvalue weighted by Gasteiger charge is 2.31. The van der Waals surface area contributed by atoms with Crippen molar-refractivity contribution in [1.82, 2.24) is 9.62 Å². The summed E-state index contributed by atoms with van der Waals surface area (Å²) in [5.41, 5.74) is 0.885. The molecule has 8 heteroatoms. The Kier molecular flexibility index (Phi) is 6.59. The summed E-state index contributed by atoms with van der Waals surface area (Å²) in [6.45, 7) is 1.31. The number of hydrogen-bond acceptors (Lipinski definition) is 4. The molecule has 1 saturated heterocycles. The van der Waals surface area contributed by atoms with Crippen LogP contribution in [0.2, 0.25) is 5.02 Å². The molecule has 0 bridgehead atoms. The van der Waals surface area contributed by atoms with Gasteiger partial charge >= 0.3 is 0 Å². The zero-order valence-corrected chi connectivity index (χ0v) is 17.2. The van der Waals surface area contributed by atoms with E-state index in [9.17, 15) is 13.2 Å². The van der Waals surface area contributed by atoms with Gasteiger partial charge in [0.05, 0.1) is 17.0 Å². The molecule has 2 aromatic rings. The standard InChI is InChI=1S/C20H23ClN2O4S/c1-27-19-10-9-16(14-17(19)21)28(25,26)22-18(13-15-7-3-2-4-8-15)20(24)23-11-5-6-12-23/h2-4,7-10,14,18,22H,5-6,11-13H2,1H3/t18-/m1/s1. The van der Waals surface area contributed by atoms with Crippen LogP contribution in [0.25, 0.3) is 0 Å². The topological polar surface area (TPSA) is 75.7 Å². The number of sulfonamides is 1. The van der Waals surface area contributed by atoms with Crippen molar-refractivity contribution >= 4 is 27.5 Å². The molecule has 6 nitrogen and oxygen atoms in total. The lowest BCUT2D eigenvalue weighted by Gasteiger charge is -2.24. The maximum absolute atomic E-state index is 13.0. The van der Waals surface area contributed by atoms with Gasteiger partial charge in [-0.25, -0.2) is 8.42 Å². The van der Waals surface area contributed by atoms with Gasteiger partial charge in [0.25, 0.3) is 0 Å². The Morgan fingerprint density at radius 2 is 1.86 bits per heavy atom. The van der Waals surface area contributed by atoms with E-state index in [4.69, 9.17) is 16.3 Å². The maximum Gasteiger partial charge on any atom is 0.241 e. The second kappa shape index (κ2) is 8.94. The molecule has 0 aromatic heterocycles. The van der Waals surface area contributed by atoms with E-state index in [1.165, 1.54) is 25.3 Å². The molecule has 1 heterocycles. The summed E-state index contributed by atoms with van der Waals surface area (Å²) in [6.07, 6.45) is 2.15. The lowest BCUT2D eigenvalue weighted by Crippen LogP contribution is -2.48. The van der Waals surface area contributed by atoms with Crippen LogP contribution in [0, 0.1) is 0 Å². The number of methoxy groups -OCH3 is 1. The number of carbonyl (C=O) groups is 1. The molecule has 0 aliphatic carbocycles. The van der Waals surface area contributed by atoms with Crippen molar-refractivity contribution in [1.29, 1.82) is 0 Å². The summed E-state index contributed by atoms with van der Waals surface area (Å²) in [7, 11) is -2.48. The minimum atomic E-state index is -3.94. The number of likely N-dealkylation sites (tertiary alicyclic amines) is 1. The molecule has 0 radical (unpaired) electrons. The molecule has 2 aromatic carbocycles. The predicted molar refractivity (Wildman–Crippen MR) is 108 cm³/mol. The Labute approximate surface area is 170 Å². The Morgan fingerprint density at radius 3 is 2.46 bits per heavy atom. The zero-order chi connectivity index (χ0) is 20.1. The fourth-order valence-electron chi connectivity index (χ4n) is 3.26. The lowest BCUT2D eigenvalue weighted by atomic mass is 10.1. The molecule has 1 aliphatic heterocycles. The Balaban J connectivity index is 1.86. The molecule has 0 saturated carbocycles. The smallest absolute Gasteiger partial charge is 0.241 e. The molecule has 0 unspecified atom stereocenters. The predicted octanol–water partition coefficient (Wildman–Crippen LogP) is 2.86. The monoisotopic (exact) mass is 422 g/mol. The first-order chi connectivity index (χ1) is 13.4. The van der Waals surface area contributed by atoms with E-state index < -0.39 is 16.1 Å². The summed E-state index contributed by atoms with van der Waals surface area (Å²) in [4.78, 5) is 14.7. The average molecular weight is 423 g/mol. The number of nitrogens with one attached hydrogen (secondary N) is 1. The van der Waals surface area contributed by atoms with E-state index in [1.807, 2.05) is 30.3 Å². The van der Waals surface area contributed by atoms with Gasteiger partial charge in [0.1, 0.15) is 11.8 Å². The number of halogens is 1. The van der Waals surface area contributed by atoms with E-state index >= 15 is 0 Å². The van der Waals surface area contributed by atoms with Gasteiger partial charge in [0.2, 0.25) is 15.9 Å². The molecule has 150 valence electrons. The van der Waals surface area contributed by atoms with Crippen LogP contribution in [0.4, 0.5) is 0 Å². The summed E-state index contributed by atoms with van der Waals surface area (Å²) < 4.78 is 33.5. The van der Waals surface area contributed by atoms with E-state index in [-0.39, 0.29) is 22.2 Å². The molecule has 1 amide bonds. The van der Waals surface area contributed by atoms with Crippen LogP contribution in [-0.4, -0.2) is 45.5 Å². The summed E-state index contributed by atoms with van der Waals surface area (Å²) in [5.74, 6) is 0.180. The van der Waals surface area contributed by atoms with Gasteiger partial charge in [-0.15, -0.1) is 0 Å². The number of amides is 1. The largest absolute Gasteiger partial charge is 0.495 e. The second-order valence-corrected chi connectivity index (χ2v) is 8.81. The average Bonchev–Trinajstić information content (AvgIpc) is 3.22. The zero-order valence-electron chi connectivity index (χ0n) is 15.6. The van der Waals surface area contributed by atoms with Gasteiger partial charge in [0, 0.05) is 13.1 Å². The van der Waals surface area contributed by atoms with Crippen molar-refractivity contribution in [2.75, 3.05) is 20.2 Å². The van der Waals surface area contributed by atoms with Crippen LogP contribution in [0.1, 0.15) is 18.4 Å². The van der Waals surface area contributed by atoms with Gasteiger partial charge in [0.15, 0.2) is 0 Å². The first kappa shape index (κ1) is 20.6. The molecule has 3 rings (SSSR count). The quantitative estimate of drug-likeness (QED) is 0.744. The summed E-state index contributed by atoms with van der Waals surface area (Å²) in [5, 5.41) is 0.191. The van der Waals surface area contributed by atoms with Gasteiger partial charge in [-0.1, -0.05) is 41.9 Å².